The molecule has 0 radical (unpaired) electrons. The van der Waals surface area contributed by atoms with Gasteiger partial charge in [-0.05, 0) is 6.07 Å². The maximum absolute atomic E-state index is 5.53. The van der Waals surface area contributed by atoms with Gasteiger partial charge in [-0.15, -0.1) is 6.42 Å². The van der Waals surface area contributed by atoms with Crippen LogP contribution in [0.4, 0.5) is 5.69 Å². The van der Waals surface area contributed by atoms with Crippen LogP contribution >= 0.6 is 11.6 Å². The van der Waals surface area contributed by atoms with Gasteiger partial charge >= 0.3 is 0 Å². The second kappa shape index (κ2) is 2.59. The van der Waals surface area contributed by atoms with E-state index in [1.807, 2.05) is 0 Å². The van der Waals surface area contributed by atoms with Crippen molar-refractivity contribution in [2.75, 3.05) is 5.73 Å². The van der Waals surface area contributed by atoms with Gasteiger partial charge in [0.15, 0.2) is 5.15 Å². The van der Waals surface area contributed by atoms with E-state index in [0.29, 0.717) is 16.4 Å². The Morgan fingerprint density at radius 2 is 2.40 bits per heavy atom. The molecule has 0 spiro atoms. The molecule has 0 atom stereocenters. The number of terminal acetylenes is 1. The molecule has 3 heteroatoms. The summed E-state index contributed by atoms with van der Waals surface area (Å²) in [5.41, 5.74) is 6.46. The normalized spacial score (nSPS) is 8.80. The second-order valence-electron chi connectivity index (χ2n) is 1.75. The fraction of sp³-hybridized carbons (Fsp3) is 0. The maximum atomic E-state index is 5.53. The molecule has 0 fully saturated rings. The quantitative estimate of drug-likeness (QED) is 0.450. The van der Waals surface area contributed by atoms with Crippen molar-refractivity contribution in [1.82, 2.24) is 4.98 Å². The predicted molar refractivity (Wildman–Crippen MR) is 41.6 cm³/mol. The van der Waals surface area contributed by atoms with Gasteiger partial charge in [-0.3, -0.25) is 0 Å². The van der Waals surface area contributed by atoms with Crippen LogP contribution in [-0.2, 0) is 0 Å². The van der Waals surface area contributed by atoms with E-state index in [1.54, 1.807) is 6.07 Å². The van der Waals surface area contributed by atoms with Gasteiger partial charge < -0.3 is 5.73 Å². The summed E-state index contributed by atoms with van der Waals surface area (Å²) in [6.07, 6.45) is 6.58. The number of halogens is 1. The van der Waals surface area contributed by atoms with Crippen molar-refractivity contribution in [1.29, 1.82) is 0 Å². The number of pyridine rings is 1. The molecule has 0 aliphatic carbocycles. The van der Waals surface area contributed by atoms with Crippen molar-refractivity contribution in [2.24, 2.45) is 0 Å². The highest BCUT2D eigenvalue weighted by Gasteiger charge is 1.95. The van der Waals surface area contributed by atoms with Crippen molar-refractivity contribution in [3.63, 3.8) is 0 Å². The Balaban J connectivity index is 3.20. The van der Waals surface area contributed by atoms with Crippen LogP contribution in [0.2, 0.25) is 5.15 Å². The number of hydrogen-bond acceptors (Lipinski definition) is 2. The van der Waals surface area contributed by atoms with E-state index < -0.39 is 0 Å². The van der Waals surface area contributed by atoms with Crippen LogP contribution in [0.5, 0.6) is 0 Å². The highest BCUT2D eigenvalue weighted by atomic mass is 35.5. The maximum Gasteiger partial charge on any atom is 0.151 e. The zero-order valence-corrected chi connectivity index (χ0v) is 5.89. The summed E-state index contributed by atoms with van der Waals surface area (Å²) in [6, 6.07) is 1.61. The zero-order valence-electron chi connectivity index (χ0n) is 5.13. The number of rotatable bonds is 0. The predicted octanol–water partition coefficient (Wildman–Crippen LogP) is 1.30. The third-order valence-electron chi connectivity index (χ3n) is 1.03. The molecule has 1 aromatic rings. The molecule has 1 rings (SSSR count). The zero-order chi connectivity index (χ0) is 7.56. The molecule has 0 aliphatic rings. The highest BCUT2D eigenvalue weighted by molar-refractivity contribution is 6.31. The molecule has 50 valence electrons. The van der Waals surface area contributed by atoms with Gasteiger partial charge in [-0.25, -0.2) is 4.98 Å². The number of nitrogens with zero attached hydrogens (tertiary/aromatic N) is 1. The third kappa shape index (κ3) is 1.20. The Hall–Kier alpha value is -1.20. The number of aromatic nitrogens is 1. The molecule has 2 N–H and O–H groups in total. The molecule has 0 bridgehead atoms. The van der Waals surface area contributed by atoms with E-state index in [1.165, 1.54) is 6.20 Å². The number of hydrogen-bond donors (Lipinski definition) is 1. The molecule has 10 heavy (non-hydrogen) atoms. The minimum atomic E-state index is 0.291. The standard InChI is InChI=1S/C7H5ClN2/c1-2-5-3-6(9)7(8)10-4-5/h1,3-4H,9H2. The Morgan fingerprint density at radius 3 is 2.90 bits per heavy atom. The van der Waals surface area contributed by atoms with Crippen molar-refractivity contribution in [3.8, 4) is 12.3 Å². The fourth-order valence-electron chi connectivity index (χ4n) is 0.544. The fourth-order valence-corrected chi connectivity index (χ4v) is 0.647. The van der Waals surface area contributed by atoms with Gasteiger partial charge in [0.2, 0.25) is 0 Å². The van der Waals surface area contributed by atoms with Crippen LogP contribution in [0.15, 0.2) is 12.3 Å². The van der Waals surface area contributed by atoms with Crippen molar-refractivity contribution < 1.29 is 0 Å². The summed E-state index contributed by atoms with van der Waals surface area (Å²) in [5, 5.41) is 0.291. The molecule has 0 amide bonds. The van der Waals surface area contributed by atoms with Gasteiger partial charge in [-0.2, -0.15) is 0 Å². The van der Waals surface area contributed by atoms with E-state index in [9.17, 15) is 0 Å². The first-order valence-corrected chi connectivity index (χ1v) is 2.99. The summed E-state index contributed by atoms with van der Waals surface area (Å²) in [6.45, 7) is 0. The lowest BCUT2D eigenvalue weighted by Crippen LogP contribution is -1.89. The molecule has 0 aliphatic heterocycles. The third-order valence-corrected chi connectivity index (χ3v) is 1.35. The average molecular weight is 153 g/mol. The lowest BCUT2D eigenvalue weighted by atomic mass is 10.3. The van der Waals surface area contributed by atoms with Crippen LogP contribution < -0.4 is 5.73 Å². The molecule has 0 saturated carbocycles. The Morgan fingerprint density at radius 1 is 1.70 bits per heavy atom. The number of nitrogens with two attached hydrogens (primary N) is 1. The highest BCUT2D eigenvalue weighted by Crippen LogP contribution is 2.14. The summed E-state index contributed by atoms with van der Waals surface area (Å²) in [5.74, 6) is 2.39. The lowest BCUT2D eigenvalue weighted by Gasteiger charge is -1.95. The van der Waals surface area contributed by atoms with Gasteiger partial charge in [0, 0.05) is 11.8 Å². The molecule has 0 saturated heterocycles. The Labute approximate surface area is 64.0 Å². The van der Waals surface area contributed by atoms with Gasteiger partial charge in [0.25, 0.3) is 0 Å². The monoisotopic (exact) mass is 152 g/mol. The van der Waals surface area contributed by atoms with Crippen LogP contribution in [0.3, 0.4) is 0 Å². The first kappa shape index (κ1) is 6.91. The first-order valence-electron chi connectivity index (χ1n) is 2.61. The smallest absolute Gasteiger partial charge is 0.151 e. The van der Waals surface area contributed by atoms with Crippen molar-refractivity contribution >= 4 is 17.3 Å². The van der Waals surface area contributed by atoms with Crippen LogP contribution in [-0.4, -0.2) is 4.98 Å². The molecule has 0 unspecified atom stereocenters. The van der Waals surface area contributed by atoms with E-state index >= 15 is 0 Å². The minimum absolute atomic E-state index is 0.291. The van der Waals surface area contributed by atoms with Crippen LogP contribution in [0.1, 0.15) is 5.56 Å². The molecular weight excluding hydrogens is 148 g/mol. The summed E-state index contributed by atoms with van der Waals surface area (Å²) < 4.78 is 0. The minimum Gasteiger partial charge on any atom is -0.396 e. The Bertz CT molecular complexity index is 288. The van der Waals surface area contributed by atoms with Crippen LogP contribution in [0.25, 0.3) is 0 Å². The first-order chi connectivity index (χ1) is 4.74. The van der Waals surface area contributed by atoms with Gasteiger partial charge in [-0.1, -0.05) is 17.5 Å². The molecule has 0 aromatic carbocycles. The van der Waals surface area contributed by atoms with Crippen molar-refractivity contribution in [3.05, 3.63) is 23.0 Å². The van der Waals surface area contributed by atoms with Crippen LogP contribution in [0, 0.1) is 12.3 Å². The largest absolute Gasteiger partial charge is 0.396 e. The average Bonchev–Trinajstić information content (AvgIpc) is 1.95. The summed E-state index contributed by atoms with van der Waals surface area (Å²) in [7, 11) is 0. The van der Waals surface area contributed by atoms with Gasteiger partial charge in [0.1, 0.15) is 0 Å². The summed E-state index contributed by atoms with van der Waals surface area (Å²) in [4.78, 5) is 3.75. The van der Waals surface area contributed by atoms with E-state index in [0.717, 1.165) is 0 Å². The second-order valence-corrected chi connectivity index (χ2v) is 2.11. The number of nitrogen functional groups attached to an aromatic ring is 1. The molecule has 2 nitrogen and oxygen atoms in total. The van der Waals surface area contributed by atoms with Gasteiger partial charge in [0.05, 0.1) is 5.69 Å². The summed E-state index contributed by atoms with van der Waals surface area (Å²) >= 11 is 5.53. The van der Waals surface area contributed by atoms with Crippen molar-refractivity contribution in [2.45, 2.75) is 0 Å². The number of anilines is 1. The molecule has 1 aromatic heterocycles. The SMILES string of the molecule is C#Cc1cnc(Cl)c(N)c1. The van der Waals surface area contributed by atoms with E-state index in [2.05, 4.69) is 10.9 Å². The molecular formula is C7H5ClN2. The molecule has 1 heterocycles. The van der Waals surface area contributed by atoms with E-state index in [4.69, 9.17) is 23.8 Å². The van der Waals surface area contributed by atoms with E-state index in [-0.39, 0.29) is 0 Å². The topological polar surface area (TPSA) is 38.9 Å². The Kier molecular flexibility index (Phi) is 1.79. The lowest BCUT2D eigenvalue weighted by molar-refractivity contribution is 1.32.